The summed E-state index contributed by atoms with van der Waals surface area (Å²) in [7, 11) is 0. The number of nitrogens with zero attached hydrogens (tertiary/aromatic N) is 3. The number of amides is 1. The highest BCUT2D eigenvalue weighted by Gasteiger charge is 2.15. The van der Waals surface area contributed by atoms with Gasteiger partial charge in [-0.25, -0.2) is 0 Å². The lowest BCUT2D eigenvalue weighted by Crippen LogP contribution is -2.31. The topological polar surface area (TPSA) is 46.1 Å². The molecule has 0 aliphatic rings. The van der Waals surface area contributed by atoms with E-state index in [4.69, 9.17) is 0 Å². The van der Waals surface area contributed by atoms with Crippen LogP contribution in [-0.4, -0.2) is 38.8 Å². The number of halogens is 1. The Bertz CT molecular complexity index is 265. The number of aromatic nitrogens is 2. The maximum atomic E-state index is 11.7. The van der Waals surface area contributed by atoms with Crippen molar-refractivity contribution in [2.75, 3.05) is 18.4 Å². The predicted molar refractivity (Wildman–Crippen MR) is 55.3 cm³/mol. The van der Waals surface area contributed by atoms with Gasteiger partial charge in [0, 0.05) is 18.4 Å². The highest BCUT2D eigenvalue weighted by atomic mass is 79.9. The van der Waals surface area contributed by atoms with Crippen LogP contribution in [0.25, 0.3) is 0 Å². The molecule has 1 rings (SSSR count). The van der Waals surface area contributed by atoms with Gasteiger partial charge in [-0.05, 0) is 18.5 Å². The molecule has 6 heteroatoms. The second kappa shape index (κ2) is 5.29. The minimum atomic E-state index is 0.0111. The molecule has 0 spiro atoms. The lowest BCUT2D eigenvalue weighted by Gasteiger charge is -2.17. The van der Waals surface area contributed by atoms with Crippen LogP contribution in [0.15, 0.2) is 6.20 Å². The van der Waals surface area contributed by atoms with Crippen molar-refractivity contribution < 1.29 is 4.79 Å². The second-order valence-corrected chi connectivity index (χ2v) is 3.93. The van der Waals surface area contributed by atoms with E-state index < -0.39 is 0 Å². The minimum absolute atomic E-state index is 0.0111. The highest BCUT2D eigenvalue weighted by Crippen LogP contribution is 2.07. The Morgan fingerprint density at radius 2 is 2.54 bits per heavy atom. The molecule has 0 aromatic carbocycles. The predicted octanol–water partition coefficient (Wildman–Crippen LogP) is 1.40. The van der Waals surface area contributed by atoms with Crippen molar-refractivity contribution >= 4 is 33.4 Å². The van der Waals surface area contributed by atoms with E-state index in [0.29, 0.717) is 18.0 Å². The molecule has 72 valence electrons. The van der Waals surface area contributed by atoms with Crippen molar-refractivity contribution in [2.45, 2.75) is 6.92 Å². The molecule has 0 aliphatic carbocycles. The first-order valence-corrected chi connectivity index (χ1v) is 5.81. The smallest absolute Gasteiger partial charge is 0.267 e. The minimum Gasteiger partial charge on any atom is -0.337 e. The first-order valence-electron chi connectivity index (χ1n) is 3.92. The molecule has 1 aromatic rings. The Morgan fingerprint density at radius 3 is 3.00 bits per heavy atom. The molecule has 0 unspecified atom stereocenters. The summed E-state index contributed by atoms with van der Waals surface area (Å²) >= 11 is 4.43. The van der Waals surface area contributed by atoms with Crippen molar-refractivity contribution in [3.8, 4) is 0 Å². The zero-order chi connectivity index (χ0) is 9.68. The Kier molecular flexibility index (Phi) is 4.31. The summed E-state index contributed by atoms with van der Waals surface area (Å²) in [5, 5.41) is 4.42. The summed E-state index contributed by atoms with van der Waals surface area (Å²) in [6, 6.07) is 0. The zero-order valence-electron chi connectivity index (χ0n) is 7.23. The van der Waals surface area contributed by atoms with E-state index >= 15 is 0 Å². The van der Waals surface area contributed by atoms with E-state index in [0.717, 1.165) is 16.9 Å². The fourth-order valence-electron chi connectivity index (χ4n) is 0.923. The van der Waals surface area contributed by atoms with Crippen LogP contribution in [0.5, 0.6) is 0 Å². The lowest BCUT2D eigenvalue weighted by atomic mass is 10.4. The molecule has 0 N–H and O–H groups in total. The second-order valence-electron chi connectivity index (χ2n) is 2.36. The number of rotatable bonds is 4. The average molecular weight is 264 g/mol. The standard InChI is InChI=1S/C7H10BrN3OS/c1-2-11(4-3-8)7(12)6-5-9-10-13-6/h5H,2-4H2,1H3. The van der Waals surface area contributed by atoms with Crippen LogP contribution in [0.3, 0.4) is 0 Å². The molecule has 4 nitrogen and oxygen atoms in total. The molecule has 0 saturated heterocycles. The molecule has 0 saturated carbocycles. The molecule has 0 atom stereocenters. The van der Waals surface area contributed by atoms with E-state index in [-0.39, 0.29) is 5.91 Å². The largest absolute Gasteiger partial charge is 0.337 e. The fourth-order valence-corrected chi connectivity index (χ4v) is 1.83. The first-order chi connectivity index (χ1) is 6.29. The SMILES string of the molecule is CCN(CCBr)C(=O)c1cnns1. The van der Waals surface area contributed by atoms with Gasteiger partial charge in [-0.15, -0.1) is 5.10 Å². The van der Waals surface area contributed by atoms with Gasteiger partial charge in [0.05, 0.1) is 6.20 Å². The van der Waals surface area contributed by atoms with Gasteiger partial charge in [-0.3, -0.25) is 4.79 Å². The lowest BCUT2D eigenvalue weighted by molar-refractivity contribution is 0.0779. The van der Waals surface area contributed by atoms with Crippen molar-refractivity contribution in [2.24, 2.45) is 0 Å². The van der Waals surface area contributed by atoms with Crippen molar-refractivity contribution in [1.29, 1.82) is 0 Å². The van der Waals surface area contributed by atoms with Crippen molar-refractivity contribution in [3.63, 3.8) is 0 Å². The molecule has 1 aromatic heterocycles. The van der Waals surface area contributed by atoms with Crippen LogP contribution in [0.1, 0.15) is 16.6 Å². The normalized spacial score (nSPS) is 10.0. The van der Waals surface area contributed by atoms with E-state index in [1.165, 1.54) is 6.20 Å². The molecule has 0 fully saturated rings. The molecule has 0 bridgehead atoms. The highest BCUT2D eigenvalue weighted by molar-refractivity contribution is 9.09. The Balaban J connectivity index is 2.65. The Morgan fingerprint density at radius 1 is 1.77 bits per heavy atom. The van der Waals surface area contributed by atoms with Crippen LogP contribution in [0.2, 0.25) is 0 Å². The number of hydrogen-bond donors (Lipinski definition) is 0. The summed E-state index contributed by atoms with van der Waals surface area (Å²) in [4.78, 5) is 14.0. The Hall–Kier alpha value is -0.490. The summed E-state index contributed by atoms with van der Waals surface area (Å²) in [5.74, 6) is 0.0111. The molecular weight excluding hydrogens is 254 g/mol. The molecule has 0 aliphatic heterocycles. The maximum absolute atomic E-state index is 11.7. The third-order valence-electron chi connectivity index (χ3n) is 1.60. The van der Waals surface area contributed by atoms with Crippen LogP contribution >= 0.6 is 27.5 Å². The van der Waals surface area contributed by atoms with Gasteiger partial charge in [-0.2, -0.15) is 0 Å². The van der Waals surface area contributed by atoms with Gasteiger partial charge in [0.2, 0.25) is 0 Å². The van der Waals surface area contributed by atoms with Crippen LogP contribution in [0, 0.1) is 0 Å². The van der Waals surface area contributed by atoms with Gasteiger partial charge in [0.1, 0.15) is 4.88 Å². The van der Waals surface area contributed by atoms with Gasteiger partial charge < -0.3 is 4.90 Å². The number of hydrogen-bond acceptors (Lipinski definition) is 4. The Labute approximate surface area is 89.2 Å². The fraction of sp³-hybridized carbons (Fsp3) is 0.571. The molecular formula is C7H10BrN3OS. The molecule has 1 heterocycles. The zero-order valence-corrected chi connectivity index (χ0v) is 9.64. The average Bonchev–Trinajstić information content (AvgIpc) is 2.65. The van der Waals surface area contributed by atoms with Gasteiger partial charge >= 0.3 is 0 Å². The van der Waals surface area contributed by atoms with Crippen molar-refractivity contribution in [1.82, 2.24) is 14.5 Å². The quantitative estimate of drug-likeness (QED) is 0.772. The molecule has 13 heavy (non-hydrogen) atoms. The van der Waals surface area contributed by atoms with Gasteiger partial charge in [-0.1, -0.05) is 20.4 Å². The number of alkyl halides is 1. The van der Waals surface area contributed by atoms with E-state index in [9.17, 15) is 4.79 Å². The molecule has 1 amide bonds. The molecule has 0 radical (unpaired) electrons. The summed E-state index contributed by atoms with van der Waals surface area (Å²) in [5.41, 5.74) is 0. The van der Waals surface area contributed by atoms with Gasteiger partial charge in [0.15, 0.2) is 0 Å². The van der Waals surface area contributed by atoms with E-state index in [2.05, 4.69) is 25.5 Å². The first kappa shape index (κ1) is 10.6. The van der Waals surface area contributed by atoms with E-state index in [1.54, 1.807) is 4.90 Å². The third-order valence-corrected chi connectivity index (χ3v) is 2.60. The third kappa shape index (κ3) is 2.73. The van der Waals surface area contributed by atoms with Crippen LogP contribution in [-0.2, 0) is 0 Å². The van der Waals surface area contributed by atoms with Crippen molar-refractivity contribution in [3.05, 3.63) is 11.1 Å². The monoisotopic (exact) mass is 263 g/mol. The van der Waals surface area contributed by atoms with Gasteiger partial charge in [0.25, 0.3) is 5.91 Å². The van der Waals surface area contributed by atoms with Crippen LogP contribution in [0.4, 0.5) is 0 Å². The maximum Gasteiger partial charge on any atom is 0.267 e. The van der Waals surface area contributed by atoms with Crippen LogP contribution < -0.4 is 0 Å². The summed E-state index contributed by atoms with van der Waals surface area (Å²) < 4.78 is 3.65. The summed E-state index contributed by atoms with van der Waals surface area (Å²) in [6.45, 7) is 3.38. The summed E-state index contributed by atoms with van der Waals surface area (Å²) in [6.07, 6.45) is 1.50. The van der Waals surface area contributed by atoms with E-state index in [1.807, 2.05) is 6.92 Å². The number of carbonyl (C=O) groups is 1. The number of carbonyl (C=O) groups excluding carboxylic acids is 1.